The lowest BCUT2D eigenvalue weighted by Gasteiger charge is -2.06. The van der Waals surface area contributed by atoms with Crippen LogP contribution in [-0.2, 0) is 16.4 Å². The van der Waals surface area contributed by atoms with Crippen LogP contribution in [0.15, 0.2) is 53.4 Å². The topological polar surface area (TPSA) is 83.5 Å². The summed E-state index contributed by atoms with van der Waals surface area (Å²) in [5.74, 6) is 0. The summed E-state index contributed by atoms with van der Waals surface area (Å²) >= 11 is 0. The zero-order chi connectivity index (χ0) is 15.5. The predicted molar refractivity (Wildman–Crippen MR) is 79.9 cm³/mol. The lowest BCUT2D eigenvalue weighted by molar-refractivity contribution is 0.194. The van der Waals surface area contributed by atoms with Gasteiger partial charge in [-0.05, 0) is 28.8 Å². The van der Waals surface area contributed by atoms with Crippen LogP contribution in [0.4, 0.5) is 4.79 Å². The van der Waals surface area contributed by atoms with Crippen molar-refractivity contribution in [3.63, 3.8) is 0 Å². The number of hydrogen-bond acceptors (Lipinski definition) is 3. The molecule has 0 heterocycles. The molecule has 0 radical (unpaired) electrons. The molecule has 21 heavy (non-hydrogen) atoms. The maximum Gasteiger partial charge on any atom is 0.404 e. The molecular weight excluding hydrogens is 290 g/mol. The molecule has 0 aromatic heterocycles. The number of rotatable bonds is 4. The second-order valence-corrected chi connectivity index (χ2v) is 6.67. The van der Waals surface area contributed by atoms with Crippen molar-refractivity contribution < 1.29 is 18.3 Å². The summed E-state index contributed by atoms with van der Waals surface area (Å²) in [6.45, 7) is 0.253. The van der Waals surface area contributed by atoms with Crippen molar-refractivity contribution in [2.75, 3.05) is 6.26 Å². The van der Waals surface area contributed by atoms with Gasteiger partial charge in [-0.15, -0.1) is 0 Å². The Morgan fingerprint density at radius 1 is 1.00 bits per heavy atom. The molecule has 5 nitrogen and oxygen atoms in total. The van der Waals surface area contributed by atoms with Gasteiger partial charge in [0.25, 0.3) is 0 Å². The summed E-state index contributed by atoms with van der Waals surface area (Å²) in [5, 5.41) is 10.8. The molecule has 0 bridgehead atoms. The van der Waals surface area contributed by atoms with E-state index in [4.69, 9.17) is 5.11 Å². The molecule has 0 aliphatic heterocycles. The molecule has 0 saturated heterocycles. The third kappa shape index (κ3) is 4.06. The molecule has 0 fully saturated rings. The van der Waals surface area contributed by atoms with E-state index in [1.54, 1.807) is 24.3 Å². The second kappa shape index (κ2) is 5.97. The first-order valence-corrected chi connectivity index (χ1v) is 8.11. The number of carboxylic acid groups (broad SMARTS) is 1. The van der Waals surface area contributed by atoms with E-state index >= 15 is 0 Å². The molecule has 2 N–H and O–H groups in total. The SMILES string of the molecule is CS(=O)(=O)c1ccc(-c2ccc(CNC(=O)O)cc2)cc1. The van der Waals surface area contributed by atoms with Gasteiger partial charge in [0.05, 0.1) is 4.90 Å². The van der Waals surface area contributed by atoms with Crippen molar-refractivity contribution in [1.29, 1.82) is 0 Å². The zero-order valence-electron chi connectivity index (χ0n) is 11.4. The Kier molecular flexibility index (Phi) is 4.28. The number of benzene rings is 2. The Hall–Kier alpha value is -2.34. The summed E-state index contributed by atoms with van der Waals surface area (Å²) < 4.78 is 22.8. The van der Waals surface area contributed by atoms with Crippen LogP contribution in [-0.4, -0.2) is 25.9 Å². The van der Waals surface area contributed by atoms with Crippen LogP contribution in [0.3, 0.4) is 0 Å². The van der Waals surface area contributed by atoms with Crippen LogP contribution in [0.25, 0.3) is 11.1 Å². The molecule has 2 rings (SSSR count). The number of sulfone groups is 1. The largest absolute Gasteiger partial charge is 0.465 e. The maximum atomic E-state index is 11.4. The lowest BCUT2D eigenvalue weighted by atomic mass is 10.0. The van der Waals surface area contributed by atoms with E-state index in [-0.39, 0.29) is 11.4 Å². The van der Waals surface area contributed by atoms with Gasteiger partial charge in [-0.3, -0.25) is 0 Å². The second-order valence-electron chi connectivity index (χ2n) is 4.65. The molecule has 110 valence electrons. The normalized spacial score (nSPS) is 11.1. The van der Waals surface area contributed by atoms with Gasteiger partial charge >= 0.3 is 6.09 Å². The molecule has 0 aliphatic carbocycles. The van der Waals surface area contributed by atoms with Crippen molar-refractivity contribution in [2.24, 2.45) is 0 Å². The molecule has 0 unspecified atom stereocenters. The van der Waals surface area contributed by atoms with E-state index in [0.29, 0.717) is 0 Å². The predicted octanol–water partition coefficient (Wildman–Crippen LogP) is 2.52. The van der Waals surface area contributed by atoms with Crippen LogP contribution in [0.1, 0.15) is 5.56 Å². The number of hydrogen-bond donors (Lipinski definition) is 2. The van der Waals surface area contributed by atoms with Crippen LogP contribution in [0.5, 0.6) is 0 Å². The minimum atomic E-state index is -3.19. The summed E-state index contributed by atoms with van der Waals surface area (Å²) in [6, 6.07) is 14.0. The van der Waals surface area contributed by atoms with Gasteiger partial charge < -0.3 is 10.4 Å². The minimum Gasteiger partial charge on any atom is -0.465 e. The monoisotopic (exact) mass is 305 g/mol. The fourth-order valence-corrected chi connectivity index (χ4v) is 2.52. The third-order valence-electron chi connectivity index (χ3n) is 3.01. The van der Waals surface area contributed by atoms with E-state index in [1.807, 2.05) is 24.3 Å². The van der Waals surface area contributed by atoms with Gasteiger partial charge in [0.1, 0.15) is 0 Å². The smallest absolute Gasteiger partial charge is 0.404 e. The highest BCUT2D eigenvalue weighted by molar-refractivity contribution is 7.90. The highest BCUT2D eigenvalue weighted by atomic mass is 32.2. The van der Waals surface area contributed by atoms with Crippen molar-refractivity contribution in [2.45, 2.75) is 11.4 Å². The van der Waals surface area contributed by atoms with E-state index in [2.05, 4.69) is 5.32 Å². The Labute approximate surface area is 123 Å². The Balaban J connectivity index is 2.17. The summed E-state index contributed by atoms with van der Waals surface area (Å²) in [5.41, 5.74) is 2.70. The lowest BCUT2D eigenvalue weighted by Crippen LogP contribution is -2.19. The highest BCUT2D eigenvalue weighted by Gasteiger charge is 2.07. The van der Waals surface area contributed by atoms with Gasteiger partial charge in [-0.2, -0.15) is 0 Å². The summed E-state index contributed by atoms with van der Waals surface area (Å²) in [7, 11) is -3.19. The van der Waals surface area contributed by atoms with Crippen molar-refractivity contribution in [1.82, 2.24) is 5.32 Å². The molecule has 2 aromatic rings. The fourth-order valence-electron chi connectivity index (χ4n) is 1.89. The maximum absolute atomic E-state index is 11.4. The van der Waals surface area contributed by atoms with Crippen LogP contribution < -0.4 is 5.32 Å². The van der Waals surface area contributed by atoms with Gasteiger partial charge in [-0.1, -0.05) is 36.4 Å². The van der Waals surface area contributed by atoms with Gasteiger partial charge in [0, 0.05) is 12.8 Å². The first-order valence-electron chi connectivity index (χ1n) is 6.22. The van der Waals surface area contributed by atoms with Gasteiger partial charge in [0.15, 0.2) is 9.84 Å². The minimum absolute atomic E-state index is 0.253. The molecule has 0 saturated carbocycles. The molecular formula is C15H15NO4S. The van der Waals surface area contributed by atoms with Crippen molar-refractivity contribution in [3.8, 4) is 11.1 Å². The average Bonchev–Trinajstić information content (AvgIpc) is 2.45. The molecule has 0 spiro atoms. The molecule has 0 atom stereocenters. The Morgan fingerprint density at radius 3 is 1.90 bits per heavy atom. The van der Waals surface area contributed by atoms with Gasteiger partial charge in [0.2, 0.25) is 0 Å². The Morgan fingerprint density at radius 2 is 1.48 bits per heavy atom. The summed E-state index contributed by atoms with van der Waals surface area (Å²) in [4.78, 5) is 10.7. The summed E-state index contributed by atoms with van der Waals surface area (Å²) in [6.07, 6.45) is 0.113. The molecule has 2 aromatic carbocycles. The van der Waals surface area contributed by atoms with Crippen LogP contribution in [0.2, 0.25) is 0 Å². The standard InChI is InChI=1S/C15H15NO4S/c1-21(19,20)14-8-6-13(7-9-14)12-4-2-11(3-5-12)10-16-15(17)18/h2-9,16H,10H2,1H3,(H,17,18). The molecule has 6 heteroatoms. The number of nitrogens with one attached hydrogen (secondary N) is 1. The molecule has 0 aliphatic rings. The average molecular weight is 305 g/mol. The highest BCUT2D eigenvalue weighted by Crippen LogP contribution is 2.21. The van der Waals surface area contributed by atoms with E-state index in [0.717, 1.165) is 16.7 Å². The van der Waals surface area contributed by atoms with Crippen LogP contribution >= 0.6 is 0 Å². The molecule has 1 amide bonds. The quantitative estimate of drug-likeness (QED) is 0.909. The van der Waals surface area contributed by atoms with E-state index in [9.17, 15) is 13.2 Å². The first-order chi connectivity index (χ1) is 9.86. The van der Waals surface area contributed by atoms with Crippen LogP contribution in [0, 0.1) is 0 Å². The fraction of sp³-hybridized carbons (Fsp3) is 0.133. The van der Waals surface area contributed by atoms with Gasteiger partial charge in [-0.25, -0.2) is 13.2 Å². The number of amides is 1. The zero-order valence-corrected chi connectivity index (χ0v) is 12.2. The first kappa shape index (κ1) is 15.1. The van der Waals surface area contributed by atoms with Crippen molar-refractivity contribution >= 4 is 15.9 Å². The Bertz CT molecular complexity index is 734. The third-order valence-corrected chi connectivity index (χ3v) is 4.14. The van der Waals surface area contributed by atoms with E-state index < -0.39 is 15.9 Å². The van der Waals surface area contributed by atoms with E-state index in [1.165, 1.54) is 6.26 Å². The number of carbonyl (C=O) groups is 1. The van der Waals surface area contributed by atoms with Crippen molar-refractivity contribution in [3.05, 3.63) is 54.1 Å².